The highest BCUT2D eigenvalue weighted by Crippen LogP contribution is 2.24. The maximum Gasteiger partial charge on any atom is 0.191 e. The van der Waals surface area contributed by atoms with Crippen LogP contribution in [0.4, 0.5) is 0 Å². The van der Waals surface area contributed by atoms with Gasteiger partial charge in [-0.2, -0.15) is 5.10 Å². The molecule has 2 heterocycles. The van der Waals surface area contributed by atoms with Gasteiger partial charge in [-0.3, -0.25) is 14.6 Å². The van der Waals surface area contributed by atoms with Crippen molar-refractivity contribution in [2.45, 2.75) is 45.8 Å². The average Bonchev–Trinajstić information content (AvgIpc) is 3.34. The summed E-state index contributed by atoms with van der Waals surface area (Å²) < 4.78 is 12.9. The Labute approximate surface area is 208 Å². The SMILES string of the molecule is CN=C(NCCCn1nc(C)cc1C)NC1CCN(Cc2cc(OC)cc(OC)c2)C1.I. The van der Waals surface area contributed by atoms with Gasteiger partial charge in [-0.05, 0) is 50.5 Å². The number of aromatic nitrogens is 2. The van der Waals surface area contributed by atoms with Crippen LogP contribution in [-0.4, -0.2) is 67.6 Å². The summed E-state index contributed by atoms with van der Waals surface area (Å²) >= 11 is 0. The number of hydrogen-bond acceptors (Lipinski definition) is 5. The molecule has 0 aliphatic carbocycles. The van der Waals surface area contributed by atoms with Gasteiger partial charge in [0, 0.05) is 57.6 Å². The summed E-state index contributed by atoms with van der Waals surface area (Å²) in [5.74, 6) is 2.52. The minimum absolute atomic E-state index is 0. The van der Waals surface area contributed by atoms with Crippen molar-refractivity contribution >= 4 is 29.9 Å². The molecule has 0 spiro atoms. The number of nitrogens with zero attached hydrogens (tertiary/aromatic N) is 4. The summed E-state index contributed by atoms with van der Waals surface area (Å²) in [7, 11) is 5.19. The molecular weight excluding hydrogens is 519 g/mol. The number of halogens is 1. The van der Waals surface area contributed by atoms with Crippen molar-refractivity contribution in [3.05, 3.63) is 41.2 Å². The summed E-state index contributed by atoms with van der Waals surface area (Å²) in [6, 6.07) is 8.55. The van der Waals surface area contributed by atoms with E-state index in [2.05, 4.69) is 55.4 Å². The van der Waals surface area contributed by atoms with Crippen molar-refractivity contribution in [1.29, 1.82) is 0 Å². The Kier molecular flexibility index (Phi) is 10.6. The normalized spacial score (nSPS) is 16.5. The number of methoxy groups -OCH3 is 2. The summed E-state index contributed by atoms with van der Waals surface area (Å²) in [5, 5.41) is 11.5. The zero-order valence-electron chi connectivity index (χ0n) is 19.9. The zero-order valence-corrected chi connectivity index (χ0v) is 22.2. The first kappa shape index (κ1) is 26.2. The van der Waals surface area contributed by atoms with Gasteiger partial charge in [0.05, 0.1) is 19.9 Å². The monoisotopic (exact) mass is 556 g/mol. The highest BCUT2D eigenvalue weighted by molar-refractivity contribution is 14.0. The molecule has 0 radical (unpaired) electrons. The lowest BCUT2D eigenvalue weighted by Crippen LogP contribution is -2.44. The molecule has 1 unspecified atom stereocenters. The van der Waals surface area contributed by atoms with Crippen LogP contribution in [0, 0.1) is 13.8 Å². The van der Waals surface area contributed by atoms with Gasteiger partial charge in [0.2, 0.25) is 0 Å². The van der Waals surface area contributed by atoms with E-state index in [1.165, 1.54) is 11.3 Å². The fraction of sp³-hybridized carbons (Fsp3) is 0.565. The fourth-order valence-corrected chi connectivity index (χ4v) is 4.03. The molecule has 32 heavy (non-hydrogen) atoms. The first-order chi connectivity index (χ1) is 15.0. The lowest BCUT2D eigenvalue weighted by Gasteiger charge is -2.19. The predicted molar refractivity (Wildman–Crippen MR) is 139 cm³/mol. The zero-order chi connectivity index (χ0) is 22.2. The molecule has 1 aliphatic heterocycles. The second-order valence-corrected chi connectivity index (χ2v) is 8.09. The second kappa shape index (κ2) is 12.9. The third-order valence-corrected chi connectivity index (χ3v) is 5.60. The van der Waals surface area contributed by atoms with E-state index >= 15 is 0 Å². The number of guanidine groups is 1. The van der Waals surface area contributed by atoms with Gasteiger partial charge < -0.3 is 20.1 Å². The molecule has 3 rings (SSSR count). The smallest absolute Gasteiger partial charge is 0.191 e. The van der Waals surface area contributed by atoms with Gasteiger partial charge in [-0.15, -0.1) is 24.0 Å². The minimum atomic E-state index is 0. The Hall–Kier alpha value is -2.01. The number of rotatable bonds is 9. The van der Waals surface area contributed by atoms with E-state index in [1.807, 2.05) is 20.0 Å². The second-order valence-electron chi connectivity index (χ2n) is 8.09. The summed E-state index contributed by atoms with van der Waals surface area (Å²) in [4.78, 5) is 6.84. The number of ether oxygens (including phenoxy) is 2. The summed E-state index contributed by atoms with van der Waals surface area (Å²) in [6.45, 7) is 8.80. The number of benzene rings is 1. The molecule has 178 valence electrons. The van der Waals surface area contributed by atoms with Crippen molar-refractivity contribution in [2.75, 3.05) is 40.9 Å². The quantitative estimate of drug-likeness (QED) is 0.214. The van der Waals surface area contributed by atoms with Crippen LogP contribution in [0.3, 0.4) is 0 Å². The first-order valence-electron chi connectivity index (χ1n) is 10.9. The van der Waals surface area contributed by atoms with E-state index < -0.39 is 0 Å². The van der Waals surface area contributed by atoms with Gasteiger partial charge in [0.1, 0.15) is 11.5 Å². The van der Waals surface area contributed by atoms with Crippen molar-refractivity contribution in [2.24, 2.45) is 4.99 Å². The third kappa shape index (κ3) is 7.54. The molecule has 1 aromatic heterocycles. The summed E-state index contributed by atoms with van der Waals surface area (Å²) in [5.41, 5.74) is 3.48. The van der Waals surface area contributed by atoms with Gasteiger partial charge in [-0.1, -0.05) is 0 Å². The Bertz CT molecular complexity index is 863. The molecule has 8 nitrogen and oxygen atoms in total. The van der Waals surface area contributed by atoms with Crippen LogP contribution < -0.4 is 20.1 Å². The van der Waals surface area contributed by atoms with E-state index in [1.54, 1.807) is 14.2 Å². The van der Waals surface area contributed by atoms with Crippen LogP contribution in [-0.2, 0) is 13.1 Å². The molecule has 1 aromatic carbocycles. The van der Waals surface area contributed by atoms with E-state index in [0.717, 1.165) is 68.7 Å². The summed E-state index contributed by atoms with van der Waals surface area (Å²) in [6.07, 6.45) is 2.09. The van der Waals surface area contributed by atoms with Crippen LogP contribution in [0.15, 0.2) is 29.3 Å². The van der Waals surface area contributed by atoms with Crippen molar-refractivity contribution in [3.63, 3.8) is 0 Å². The Balaban J connectivity index is 0.00000363. The van der Waals surface area contributed by atoms with Crippen molar-refractivity contribution in [1.82, 2.24) is 25.3 Å². The van der Waals surface area contributed by atoms with E-state index in [4.69, 9.17) is 9.47 Å². The number of aliphatic imine (C=N–C) groups is 1. The molecule has 2 aromatic rings. The largest absolute Gasteiger partial charge is 0.497 e. The Morgan fingerprint density at radius 3 is 2.47 bits per heavy atom. The molecule has 0 saturated carbocycles. The van der Waals surface area contributed by atoms with E-state index in [0.29, 0.717) is 6.04 Å². The molecular formula is C23H37IN6O2. The third-order valence-electron chi connectivity index (χ3n) is 5.60. The van der Waals surface area contributed by atoms with Crippen LogP contribution in [0.1, 0.15) is 29.8 Å². The standard InChI is InChI=1S/C23H36N6O2.HI/c1-17-11-18(2)29(27-17)9-6-8-25-23(24-3)26-20-7-10-28(16-20)15-19-12-21(30-4)14-22(13-19)31-5;/h11-14,20H,6-10,15-16H2,1-5H3,(H2,24,25,26);1H. The van der Waals surface area contributed by atoms with Gasteiger partial charge in [0.15, 0.2) is 5.96 Å². The number of aryl methyl sites for hydroxylation is 3. The van der Waals surface area contributed by atoms with Crippen LogP contribution in [0.5, 0.6) is 11.5 Å². The van der Waals surface area contributed by atoms with Crippen LogP contribution >= 0.6 is 24.0 Å². The fourth-order valence-electron chi connectivity index (χ4n) is 4.03. The lowest BCUT2D eigenvalue weighted by molar-refractivity contribution is 0.321. The van der Waals surface area contributed by atoms with Crippen molar-refractivity contribution < 1.29 is 9.47 Å². The minimum Gasteiger partial charge on any atom is -0.497 e. The predicted octanol–water partition coefficient (Wildman–Crippen LogP) is 2.96. The van der Waals surface area contributed by atoms with Crippen molar-refractivity contribution in [3.8, 4) is 11.5 Å². The average molecular weight is 556 g/mol. The van der Waals surface area contributed by atoms with E-state index in [9.17, 15) is 0 Å². The maximum atomic E-state index is 5.39. The highest BCUT2D eigenvalue weighted by atomic mass is 127. The topological polar surface area (TPSA) is 75.9 Å². The van der Waals surface area contributed by atoms with Gasteiger partial charge >= 0.3 is 0 Å². The number of likely N-dealkylation sites (tertiary alicyclic amines) is 1. The van der Waals surface area contributed by atoms with E-state index in [-0.39, 0.29) is 24.0 Å². The van der Waals surface area contributed by atoms with Gasteiger partial charge in [0.25, 0.3) is 0 Å². The Morgan fingerprint density at radius 1 is 1.16 bits per heavy atom. The number of hydrogen-bond donors (Lipinski definition) is 2. The Morgan fingerprint density at radius 2 is 1.88 bits per heavy atom. The number of nitrogens with one attached hydrogen (secondary N) is 2. The molecule has 9 heteroatoms. The van der Waals surface area contributed by atoms with Gasteiger partial charge in [-0.25, -0.2) is 0 Å². The first-order valence-corrected chi connectivity index (χ1v) is 10.9. The lowest BCUT2D eigenvalue weighted by atomic mass is 10.2. The molecule has 1 aliphatic rings. The molecule has 1 atom stereocenters. The molecule has 0 amide bonds. The maximum absolute atomic E-state index is 5.39. The molecule has 1 saturated heterocycles. The molecule has 1 fully saturated rings. The highest BCUT2D eigenvalue weighted by Gasteiger charge is 2.23. The molecule has 2 N–H and O–H groups in total. The molecule has 0 bridgehead atoms. The van der Waals surface area contributed by atoms with Crippen LogP contribution in [0.25, 0.3) is 0 Å². The van der Waals surface area contributed by atoms with Crippen LogP contribution in [0.2, 0.25) is 0 Å².